The Morgan fingerprint density at radius 3 is 2.39 bits per heavy atom. The van der Waals surface area contributed by atoms with Gasteiger partial charge in [-0.3, -0.25) is 10.1 Å². The smallest absolute Gasteiger partial charge is 0.329 e. The van der Waals surface area contributed by atoms with Gasteiger partial charge in [0.25, 0.3) is 0 Å². The summed E-state index contributed by atoms with van der Waals surface area (Å²) in [6.07, 6.45) is 4.86. The first-order chi connectivity index (χ1) is 14.8. The fourth-order valence-electron chi connectivity index (χ4n) is 3.56. The SMILES string of the molecule is NCC1CCC(CNc2nc(NCc3cc(F)c(F)c(F)c3F)ncc2[N+](=O)[O-])CC1. The van der Waals surface area contributed by atoms with E-state index in [0.717, 1.165) is 31.9 Å². The molecular weight excluding hydrogens is 420 g/mol. The van der Waals surface area contributed by atoms with Gasteiger partial charge in [-0.25, -0.2) is 22.5 Å². The summed E-state index contributed by atoms with van der Waals surface area (Å²) >= 11 is 0. The summed E-state index contributed by atoms with van der Waals surface area (Å²) in [6.45, 7) is 0.660. The molecule has 1 aromatic carbocycles. The maximum absolute atomic E-state index is 13.8. The van der Waals surface area contributed by atoms with Crippen molar-refractivity contribution in [3.05, 3.63) is 51.2 Å². The predicted octanol–water partition coefficient (Wildman–Crippen LogP) is 3.73. The Bertz CT molecular complexity index is 953. The summed E-state index contributed by atoms with van der Waals surface area (Å²) in [5, 5.41) is 16.8. The van der Waals surface area contributed by atoms with E-state index in [1.165, 1.54) is 0 Å². The van der Waals surface area contributed by atoms with E-state index >= 15 is 0 Å². The molecule has 1 aliphatic rings. The quantitative estimate of drug-likeness (QED) is 0.187. The minimum absolute atomic E-state index is 0.0274. The van der Waals surface area contributed by atoms with E-state index < -0.39 is 40.3 Å². The minimum atomic E-state index is -1.92. The van der Waals surface area contributed by atoms with Gasteiger partial charge in [0.2, 0.25) is 11.8 Å². The average Bonchev–Trinajstić information content (AvgIpc) is 2.78. The van der Waals surface area contributed by atoms with E-state index in [1.807, 2.05) is 0 Å². The summed E-state index contributed by atoms with van der Waals surface area (Å²) in [6, 6.07) is 0.517. The summed E-state index contributed by atoms with van der Waals surface area (Å²) in [5.74, 6) is -6.24. The Morgan fingerprint density at radius 1 is 1.06 bits per heavy atom. The largest absolute Gasteiger partial charge is 0.364 e. The van der Waals surface area contributed by atoms with Crippen LogP contribution in [0.25, 0.3) is 0 Å². The maximum atomic E-state index is 13.8. The van der Waals surface area contributed by atoms with Crippen LogP contribution in [-0.2, 0) is 6.54 Å². The Labute approximate surface area is 175 Å². The van der Waals surface area contributed by atoms with Crippen molar-refractivity contribution in [3.63, 3.8) is 0 Å². The van der Waals surface area contributed by atoms with Crippen LogP contribution in [0.5, 0.6) is 0 Å². The third kappa shape index (κ3) is 5.37. The highest BCUT2D eigenvalue weighted by Gasteiger charge is 2.23. The van der Waals surface area contributed by atoms with Crippen LogP contribution in [0, 0.1) is 45.2 Å². The van der Waals surface area contributed by atoms with Crippen LogP contribution in [-0.4, -0.2) is 28.0 Å². The van der Waals surface area contributed by atoms with Gasteiger partial charge in [0.1, 0.15) is 6.20 Å². The third-order valence-electron chi connectivity index (χ3n) is 5.44. The zero-order valence-corrected chi connectivity index (χ0v) is 16.5. The molecule has 2 aromatic rings. The van der Waals surface area contributed by atoms with Gasteiger partial charge >= 0.3 is 5.69 Å². The van der Waals surface area contributed by atoms with Gasteiger partial charge < -0.3 is 16.4 Å². The van der Waals surface area contributed by atoms with E-state index in [4.69, 9.17) is 5.73 Å². The Hall–Kier alpha value is -3.02. The van der Waals surface area contributed by atoms with Crippen LogP contribution in [0.2, 0.25) is 0 Å². The lowest BCUT2D eigenvalue weighted by Gasteiger charge is -2.27. The molecule has 0 amide bonds. The van der Waals surface area contributed by atoms with Gasteiger partial charge in [-0.05, 0) is 50.1 Å². The molecule has 0 saturated heterocycles. The van der Waals surface area contributed by atoms with Crippen molar-refractivity contribution in [2.45, 2.75) is 32.2 Å². The summed E-state index contributed by atoms with van der Waals surface area (Å²) in [5.41, 5.74) is 4.87. The van der Waals surface area contributed by atoms with Crippen LogP contribution in [0.3, 0.4) is 0 Å². The standard InChI is InChI=1S/C19H22F4N6O2/c20-13-5-12(15(21)17(23)16(13)22)8-26-19-27-9-14(29(30)31)18(28-19)25-7-11-3-1-10(6-24)2-4-11/h5,9-11H,1-4,6-8,24H2,(H2,25,26,27,28). The summed E-state index contributed by atoms with van der Waals surface area (Å²) < 4.78 is 53.6. The van der Waals surface area contributed by atoms with Gasteiger partial charge in [-0.15, -0.1) is 0 Å². The van der Waals surface area contributed by atoms with Crippen molar-refractivity contribution >= 4 is 17.5 Å². The van der Waals surface area contributed by atoms with Crippen molar-refractivity contribution in [1.82, 2.24) is 9.97 Å². The fourth-order valence-corrected chi connectivity index (χ4v) is 3.56. The molecule has 4 N–H and O–H groups in total. The number of rotatable bonds is 8. The Balaban J connectivity index is 1.69. The number of aromatic nitrogens is 2. The van der Waals surface area contributed by atoms with Crippen molar-refractivity contribution in [2.75, 3.05) is 23.7 Å². The molecule has 1 saturated carbocycles. The number of nitro groups is 1. The lowest BCUT2D eigenvalue weighted by Crippen LogP contribution is -2.25. The molecule has 0 spiro atoms. The highest BCUT2D eigenvalue weighted by atomic mass is 19.2. The molecule has 168 valence electrons. The van der Waals surface area contributed by atoms with E-state index in [9.17, 15) is 27.7 Å². The van der Waals surface area contributed by atoms with Crippen LogP contribution in [0.1, 0.15) is 31.2 Å². The average molecular weight is 442 g/mol. The number of halogens is 4. The van der Waals surface area contributed by atoms with Gasteiger partial charge in [0.05, 0.1) is 4.92 Å². The molecule has 0 atom stereocenters. The highest BCUT2D eigenvalue weighted by molar-refractivity contribution is 5.57. The number of hydrogen-bond acceptors (Lipinski definition) is 7. The van der Waals surface area contributed by atoms with Gasteiger partial charge in [-0.2, -0.15) is 4.98 Å². The Morgan fingerprint density at radius 2 is 1.74 bits per heavy atom. The lowest BCUT2D eigenvalue weighted by atomic mass is 9.82. The number of nitrogens with zero attached hydrogens (tertiary/aromatic N) is 3. The van der Waals surface area contributed by atoms with Crippen LogP contribution < -0.4 is 16.4 Å². The second kappa shape index (κ2) is 9.86. The second-order valence-corrected chi connectivity index (χ2v) is 7.50. The van der Waals surface area contributed by atoms with Crippen molar-refractivity contribution in [1.29, 1.82) is 0 Å². The minimum Gasteiger partial charge on any atom is -0.364 e. The first kappa shape index (κ1) is 22.7. The van der Waals surface area contributed by atoms with Crippen molar-refractivity contribution in [3.8, 4) is 0 Å². The number of anilines is 2. The fraction of sp³-hybridized carbons (Fsp3) is 0.474. The molecule has 0 aliphatic heterocycles. The van der Waals surface area contributed by atoms with E-state index in [-0.39, 0.29) is 17.5 Å². The van der Waals surface area contributed by atoms with E-state index in [2.05, 4.69) is 20.6 Å². The number of hydrogen-bond donors (Lipinski definition) is 3. The van der Waals surface area contributed by atoms with Gasteiger partial charge in [0.15, 0.2) is 23.3 Å². The van der Waals surface area contributed by atoms with Crippen LogP contribution in [0.4, 0.5) is 35.0 Å². The normalized spacial score (nSPS) is 18.6. The molecule has 1 aromatic heterocycles. The first-order valence-corrected chi connectivity index (χ1v) is 9.81. The lowest BCUT2D eigenvalue weighted by molar-refractivity contribution is -0.384. The highest BCUT2D eigenvalue weighted by Crippen LogP contribution is 2.29. The van der Waals surface area contributed by atoms with Crippen molar-refractivity contribution < 1.29 is 22.5 Å². The Kier molecular flexibility index (Phi) is 7.21. The molecule has 0 radical (unpaired) electrons. The number of nitrogens with two attached hydrogens (primary N) is 1. The first-order valence-electron chi connectivity index (χ1n) is 9.81. The van der Waals surface area contributed by atoms with E-state index in [1.54, 1.807) is 0 Å². The topological polar surface area (TPSA) is 119 Å². The van der Waals surface area contributed by atoms with Crippen LogP contribution in [0.15, 0.2) is 12.3 Å². The zero-order valence-electron chi connectivity index (χ0n) is 16.5. The molecule has 1 fully saturated rings. The molecular formula is C19H22F4N6O2. The maximum Gasteiger partial charge on any atom is 0.329 e. The molecule has 12 heteroatoms. The number of benzene rings is 1. The zero-order chi connectivity index (χ0) is 22.5. The van der Waals surface area contributed by atoms with Gasteiger partial charge in [0, 0.05) is 18.7 Å². The molecule has 1 heterocycles. The monoisotopic (exact) mass is 442 g/mol. The van der Waals surface area contributed by atoms with Crippen molar-refractivity contribution in [2.24, 2.45) is 17.6 Å². The predicted molar refractivity (Wildman–Crippen MR) is 105 cm³/mol. The summed E-state index contributed by atoms with van der Waals surface area (Å²) in [7, 11) is 0. The molecule has 8 nitrogen and oxygen atoms in total. The summed E-state index contributed by atoms with van der Waals surface area (Å²) in [4.78, 5) is 18.5. The molecule has 31 heavy (non-hydrogen) atoms. The molecule has 0 bridgehead atoms. The van der Waals surface area contributed by atoms with Gasteiger partial charge in [-0.1, -0.05) is 0 Å². The molecule has 0 unspecified atom stereocenters. The number of nitrogens with one attached hydrogen (secondary N) is 2. The second-order valence-electron chi connectivity index (χ2n) is 7.50. The van der Waals surface area contributed by atoms with E-state index in [0.29, 0.717) is 31.0 Å². The third-order valence-corrected chi connectivity index (χ3v) is 5.44. The molecule has 1 aliphatic carbocycles. The molecule has 3 rings (SSSR count). The van der Waals surface area contributed by atoms with Crippen LogP contribution >= 0.6 is 0 Å².